The molecule has 2 aliphatic rings. The van der Waals surface area contributed by atoms with Crippen LogP contribution >= 0.6 is 11.8 Å². The lowest BCUT2D eigenvalue weighted by molar-refractivity contribution is 0.454. The highest BCUT2D eigenvalue weighted by molar-refractivity contribution is 7.99. The first kappa shape index (κ1) is 10.9. The molecule has 1 radical (unpaired) electrons. The van der Waals surface area contributed by atoms with Crippen LogP contribution in [-0.2, 0) is 0 Å². The van der Waals surface area contributed by atoms with E-state index in [1.165, 1.54) is 0 Å². The molecule has 4 rings (SSSR count). The van der Waals surface area contributed by atoms with Gasteiger partial charge in [0.05, 0.1) is 15.8 Å². The lowest BCUT2D eigenvalue weighted by atomic mass is 10.1. The van der Waals surface area contributed by atoms with Crippen molar-refractivity contribution < 1.29 is 4.74 Å². The topological polar surface area (TPSA) is 21.6 Å². The Morgan fingerprint density at radius 2 is 2.05 bits per heavy atom. The van der Waals surface area contributed by atoms with E-state index in [4.69, 9.17) is 4.74 Å². The molecule has 0 spiro atoms. The number of ether oxygens (including phenoxy) is 1. The third-order valence-electron chi connectivity index (χ3n) is 3.12. The molecule has 2 aromatic rings. The summed E-state index contributed by atoms with van der Waals surface area (Å²) in [5.74, 6) is 1.79. The van der Waals surface area contributed by atoms with Gasteiger partial charge >= 0.3 is 0 Å². The van der Waals surface area contributed by atoms with Gasteiger partial charge in [0.1, 0.15) is 11.5 Å². The van der Waals surface area contributed by atoms with Gasteiger partial charge in [-0.1, -0.05) is 36.0 Å². The van der Waals surface area contributed by atoms with E-state index in [-0.39, 0.29) is 6.04 Å². The summed E-state index contributed by atoms with van der Waals surface area (Å²) in [6.45, 7) is 0. The average Bonchev–Trinajstić information content (AvgIpc) is 2.98. The van der Waals surface area contributed by atoms with Crippen molar-refractivity contribution in [1.29, 1.82) is 0 Å². The van der Waals surface area contributed by atoms with Crippen molar-refractivity contribution in [2.75, 3.05) is 0 Å². The molecule has 0 bridgehead atoms. The predicted octanol–water partition coefficient (Wildman–Crippen LogP) is 4.43. The Morgan fingerprint density at radius 1 is 1.11 bits per heavy atom. The second kappa shape index (κ2) is 4.28. The highest BCUT2D eigenvalue weighted by atomic mass is 32.2. The quantitative estimate of drug-likeness (QED) is 0.648. The van der Waals surface area contributed by atoms with Gasteiger partial charge in [0.25, 0.3) is 0 Å². The summed E-state index contributed by atoms with van der Waals surface area (Å²) in [7, 11) is 0. The molecule has 0 saturated carbocycles. The number of aliphatic imine (C=N–C) groups is 1. The van der Waals surface area contributed by atoms with Crippen LogP contribution in [-0.4, -0.2) is 6.21 Å². The number of fused-ring (bicyclic) bond motifs is 2. The minimum atomic E-state index is 0.100. The van der Waals surface area contributed by atoms with E-state index in [9.17, 15) is 0 Å². The van der Waals surface area contributed by atoms with Gasteiger partial charge < -0.3 is 4.74 Å². The maximum Gasteiger partial charge on any atom is 0.142 e. The van der Waals surface area contributed by atoms with Crippen LogP contribution in [0.15, 0.2) is 63.3 Å². The molecule has 2 nitrogen and oxygen atoms in total. The summed E-state index contributed by atoms with van der Waals surface area (Å²) in [4.78, 5) is 6.55. The Morgan fingerprint density at radius 3 is 2.95 bits per heavy atom. The van der Waals surface area contributed by atoms with Crippen molar-refractivity contribution >= 4 is 18.0 Å². The van der Waals surface area contributed by atoms with Crippen LogP contribution in [0.4, 0.5) is 0 Å². The molecule has 2 aromatic carbocycles. The zero-order chi connectivity index (χ0) is 12.7. The van der Waals surface area contributed by atoms with Crippen molar-refractivity contribution in [1.82, 2.24) is 0 Å². The highest BCUT2D eigenvalue weighted by Crippen LogP contribution is 2.47. The van der Waals surface area contributed by atoms with E-state index in [0.29, 0.717) is 0 Å². The first-order valence-corrected chi connectivity index (χ1v) is 6.93. The maximum absolute atomic E-state index is 5.89. The summed E-state index contributed by atoms with van der Waals surface area (Å²) in [6, 6.07) is 15.6. The molecule has 0 N–H and O–H groups in total. The number of hydrogen-bond donors (Lipinski definition) is 0. The van der Waals surface area contributed by atoms with Crippen LogP contribution in [0.3, 0.4) is 0 Å². The molecular weight excluding hydrogens is 254 g/mol. The number of hydrogen-bond acceptors (Lipinski definition) is 3. The molecule has 19 heavy (non-hydrogen) atoms. The summed E-state index contributed by atoms with van der Waals surface area (Å²) in [6.07, 6.45) is 5.87. The van der Waals surface area contributed by atoms with Crippen molar-refractivity contribution in [3.63, 3.8) is 0 Å². The fourth-order valence-electron chi connectivity index (χ4n) is 2.18. The van der Waals surface area contributed by atoms with Crippen molar-refractivity contribution in [2.45, 2.75) is 15.8 Å². The Balaban J connectivity index is 1.74. The van der Waals surface area contributed by atoms with Gasteiger partial charge in [0, 0.05) is 12.3 Å². The minimum absolute atomic E-state index is 0.100. The summed E-state index contributed by atoms with van der Waals surface area (Å²) < 4.78 is 5.89. The van der Waals surface area contributed by atoms with E-state index >= 15 is 0 Å². The first-order chi connectivity index (χ1) is 9.40. The summed E-state index contributed by atoms with van der Waals surface area (Å²) in [5.41, 5.74) is 1.08. The minimum Gasteiger partial charge on any atom is -0.455 e. The third-order valence-corrected chi connectivity index (χ3v) is 4.19. The molecule has 0 saturated heterocycles. The van der Waals surface area contributed by atoms with E-state index in [1.54, 1.807) is 11.8 Å². The van der Waals surface area contributed by atoms with Gasteiger partial charge in [-0.3, -0.25) is 4.99 Å². The molecule has 3 heteroatoms. The van der Waals surface area contributed by atoms with Crippen LogP contribution in [0.5, 0.6) is 11.5 Å². The zero-order valence-electron chi connectivity index (χ0n) is 10.0. The van der Waals surface area contributed by atoms with Gasteiger partial charge in [0.15, 0.2) is 0 Å². The fourth-order valence-corrected chi connectivity index (χ4v) is 3.14. The molecule has 0 amide bonds. The maximum atomic E-state index is 5.89. The zero-order valence-corrected chi connectivity index (χ0v) is 10.9. The van der Waals surface area contributed by atoms with Crippen LogP contribution in [0.2, 0.25) is 0 Å². The largest absolute Gasteiger partial charge is 0.455 e. The van der Waals surface area contributed by atoms with Gasteiger partial charge in [-0.2, -0.15) is 0 Å². The second-order valence-electron chi connectivity index (χ2n) is 4.39. The molecule has 0 fully saturated rings. The lowest BCUT2D eigenvalue weighted by Crippen LogP contribution is -1.97. The molecule has 2 aliphatic heterocycles. The summed E-state index contributed by atoms with van der Waals surface area (Å²) >= 11 is 1.70. The number of allylic oxidation sites excluding steroid dienone is 1. The van der Waals surface area contributed by atoms with Gasteiger partial charge in [-0.25, -0.2) is 0 Å². The monoisotopic (exact) mass is 264 g/mol. The Labute approximate surface area is 115 Å². The number of benzene rings is 2. The number of nitrogens with zero attached hydrogens (tertiary/aromatic N) is 1. The van der Waals surface area contributed by atoms with Crippen LogP contribution in [0.1, 0.15) is 11.6 Å². The van der Waals surface area contributed by atoms with Crippen molar-refractivity contribution in [3.05, 3.63) is 60.2 Å². The normalized spacial score (nSPS) is 18.8. The van der Waals surface area contributed by atoms with Crippen molar-refractivity contribution in [2.24, 2.45) is 4.99 Å². The SMILES string of the molecule is [c]1c(C2C=CC=N2)ccc2c1Sc1ccccc1O2. The molecule has 1 atom stereocenters. The summed E-state index contributed by atoms with van der Waals surface area (Å²) in [5, 5.41) is 0. The Bertz CT molecular complexity index is 694. The third kappa shape index (κ3) is 1.87. The van der Waals surface area contributed by atoms with Gasteiger partial charge in [0.2, 0.25) is 0 Å². The van der Waals surface area contributed by atoms with E-state index in [0.717, 1.165) is 26.9 Å². The van der Waals surface area contributed by atoms with E-state index in [2.05, 4.69) is 23.2 Å². The standard InChI is InChI=1S/C16H10NOS/c1-2-6-15-13(5-1)18-14-8-7-11(10-16(14)19-15)12-4-3-9-17-12/h1-9,12H. The molecule has 0 aliphatic carbocycles. The lowest BCUT2D eigenvalue weighted by Gasteiger charge is -2.20. The Kier molecular flexibility index (Phi) is 2.45. The van der Waals surface area contributed by atoms with E-state index in [1.807, 2.05) is 42.6 Å². The highest BCUT2D eigenvalue weighted by Gasteiger charge is 2.19. The second-order valence-corrected chi connectivity index (χ2v) is 5.44. The molecule has 91 valence electrons. The van der Waals surface area contributed by atoms with E-state index < -0.39 is 0 Å². The van der Waals surface area contributed by atoms with Crippen LogP contribution < -0.4 is 4.74 Å². The smallest absolute Gasteiger partial charge is 0.142 e. The van der Waals surface area contributed by atoms with Crippen molar-refractivity contribution in [3.8, 4) is 11.5 Å². The number of para-hydroxylation sites is 1. The van der Waals surface area contributed by atoms with Crippen LogP contribution in [0, 0.1) is 6.07 Å². The fraction of sp³-hybridized carbons (Fsp3) is 0.0625. The van der Waals surface area contributed by atoms with Gasteiger partial charge in [-0.15, -0.1) is 0 Å². The van der Waals surface area contributed by atoms with Crippen LogP contribution in [0.25, 0.3) is 0 Å². The molecular formula is C16H10NOS. The predicted molar refractivity (Wildman–Crippen MR) is 76.3 cm³/mol. The average molecular weight is 264 g/mol. The van der Waals surface area contributed by atoms with Gasteiger partial charge in [-0.05, 0) is 29.8 Å². The Hall–Kier alpha value is -2.00. The molecule has 1 unspecified atom stereocenters. The molecule has 2 heterocycles. The number of rotatable bonds is 1. The first-order valence-electron chi connectivity index (χ1n) is 6.11. The molecule has 0 aromatic heterocycles.